The highest BCUT2D eigenvalue weighted by molar-refractivity contribution is 7.69. The summed E-state index contributed by atoms with van der Waals surface area (Å²) in [5.74, 6) is -0.698. The van der Waals surface area contributed by atoms with E-state index in [1.165, 1.54) is 32.4 Å². The number of carbonyl (C=O) groups excluding carboxylic acids is 1. The van der Waals surface area contributed by atoms with Crippen molar-refractivity contribution < 1.29 is 33.1 Å². The summed E-state index contributed by atoms with van der Waals surface area (Å²) in [6, 6.07) is 5.74. The Bertz CT molecular complexity index is 979. The molecule has 0 aliphatic heterocycles. The third-order valence-corrected chi connectivity index (χ3v) is 6.77. The van der Waals surface area contributed by atoms with Crippen molar-refractivity contribution in [3.8, 4) is 11.1 Å². The van der Waals surface area contributed by atoms with Crippen LogP contribution < -0.4 is 5.30 Å². The lowest BCUT2D eigenvalue weighted by Crippen LogP contribution is -2.26. The quantitative estimate of drug-likeness (QED) is 0.173. The van der Waals surface area contributed by atoms with Gasteiger partial charge < -0.3 is 9.47 Å². The number of hydrogen-bond acceptors (Lipinski definition) is 9. The van der Waals surface area contributed by atoms with Crippen molar-refractivity contribution in [1.82, 2.24) is 4.98 Å². The number of pyridine rings is 1. The minimum Gasteiger partial charge on any atom is -0.460 e. The minimum atomic E-state index is -3.66. The van der Waals surface area contributed by atoms with Crippen molar-refractivity contribution in [3.05, 3.63) is 51.3 Å². The van der Waals surface area contributed by atoms with Gasteiger partial charge in [0.15, 0.2) is 0 Å². The molecule has 32 heavy (non-hydrogen) atoms. The molecule has 0 aliphatic carbocycles. The lowest BCUT2D eigenvalue weighted by molar-refractivity contribution is -0.384. The van der Waals surface area contributed by atoms with E-state index in [1.807, 2.05) is 6.92 Å². The first-order valence-electron chi connectivity index (χ1n) is 9.94. The van der Waals surface area contributed by atoms with Crippen LogP contribution in [0, 0.1) is 24.0 Å². The van der Waals surface area contributed by atoms with Crippen molar-refractivity contribution in [1.29, 1.82) is 0 Å². The first kappa shape index (κ1) is 25.8. The smallest absolute Gasteiger partial charge is 0.448 e. The van der Waals surface area contributed by atoms with Gasteiger partial charge in [0.05, 0.1) is 48.3 Å². The average Bonchev–Trinajstić information content (AvgIpc) is 2.77. The number of nitrogens with zero attached hydrogens (tertiary/aromatic N) is 2. The van der Waals surface area contributed by atoms with E-state index in [0.29, 0.717) is 23.6 Å². The maximum atomic E-state index is 13.1. The van der Waals surface area contributed by atoms with Gasteiger partial charge in [-0.05, 0) is 25.8 Å². The van der Waals surface area contributed by atoms with E-state index in [9.17, 15) is 19.8 Å². The summed E-state index contributed by atoms with van der Waals surface area (Å²) < 4.78 is 21.3. The van der Waals surface area contributed by atoms with Crippen LogP contribution in [0.2, 0.25) is 0 Å². The molecule has 0 radical (unpaired) electrons. The largest absolute Gasteiger partial charge is 0.460 e. The van der Waals surface area contributed by atoms with E-state index in [2.05, 4.69) is 4.98 Å². The Morgan fingerprint density at radius 2 is 1.84 bits per heavy atom. The summed E-state index contributed by atoms with van der Waals surface area (Å²) in [6.45, 7) is 6.02. The maximum absolute atomic E-state index is 13.1. The van der Waals surface area contributed by atoms with Crippen LogP contribution in [0.3, 0.4) is 0 Å². The second-order valence-electron chi connectivity index (χ2n) is 6.82. The van der Waals surface area contributed by atoms with Gasteiger partial charge in [-0.3, -0.25) is 15.1 Å². The molecule has 0 aliphatic rings. The van der Waals surface area contributed by atoms with Crippen LogP contribution in [0.25, 0.3) is 11.1 Å². The van der Waals surface area contributed by atoms with Crippen LogP contribution in [0.1, 0.15) is 35.1 Å². The molecule has 1 N–H and O–H groups in total. The molecule has 174 valence electrons. The lowest BCUT2D eigenvalue weighted by atomic mass is 9.97. The zero-order chi connectivity index (χ0) is 23.9. The van der Waals surface area contributed by atoms with Crippen molar-refractivity contribution in [2.24, 2.45) is 0 Å². The zero-order valence-corrected chi connectivity index (χ0v) is 19.7. The number of hydrogen-bond donors (Lipinski definition) is 1. The number of esters is 1. The van der Waals surface area contributed by atoms with Crippen LogP contribution in [0.15, 0.2) is 24.3 Å². The fourth-order valence-electron chi connectivity index (χ4n) is 3.26. The number of rotatable bonds is 11. The maximum Gasteiger partial charge on any atom is 0.448 e. The third-order valence-electron chi connectivity index (χ3n) is 4.66. The molecule has 1 aromatic heterocycles. The second kappa shape index (κ2) is 11.4. The summed E-state index contributed by atoms with van der Waals surface area (Å²) in [5.41, 5.74) is 1.14. The Morgan fingerprint density at radius 1 is 1.16 bits per heavy atom. The lowest BCUT2D eigenvalue weighted by Gasteiger charge is -2.21. The van der Waals surface area contributed by atoms with Crippen LogP contribution >= 0.6 is 7.94 Å². The Kier molecular flexibility index (Phi) is 9.18. The number of nitro benzene ring substituents is 1. The Labute approximate surface area is 187 Å². The highest BCUT2D eigenvalue weighted by Gasteiger charge is 2.48. The summed E-state index contributed by atoms with van der Waals surface area (Å²) in [4.78, 5) is 39.4. The van der Waals surface area contributed by atoms with E-state index < -0.39 is 18.8 Å². The predicted octanol–water partition coefficient (Wildman–Crippen LogP) is 3.53. The topological polar surface area (TPSA) is 130 Å². The van der Waals surface area contributed by atoms with E-state index in [1.54, 1.807) is 19.9 Å². The number of non-ortho nitro benzene ring substituents is 1. The zero-order valence-electron chi connectivity index (χ0n) is 18.8. The molecule has 0 saturated carbocycles. The molecule has 0 bridgehead atoms. The van der Waals surface area contributed by atoms with Crippen molar-refractivity contribution in [2.75, 3.05) is 34.0 Å². The summed E-state index contributed by atoms with van der Waals surface area (Å²) in [7, 11) is -1.11. The fourth-order valence-corrected chi connectivity index (χ4v) is 4.76. The minimum absolute atomic E-state index is 0.0177. The van der Waals surface area contributed by atoms with Crippen molar-refractivity contribution >= 4 is 24.9 Å². The number of ether oxygens (including phenoxy) is 2. The molecule has 0 atom stereocenters. The van der Waals surface area contributed by atoms with Gasteiger partial charge in [-0.1, -0.05) is 19.1 Å². The van der Waals surface area contributed by atoms with Gasteiger partial charge in [-0.25, -0.2) is 4.79 Å². The normalized spacial score (nSPS) is 11.4. The van der Waals surface area contributed by atoms with Crippen LogP contribution in [0.4, 0.5) is 5.69 Å². The van der Waals surface area contributed by atoms with E-state index in [4.69, 9.17) is 18.5 Å². The van der Waals surface area contributed by atoms with Gasteiger partial charge in [0.25, 0.3) is 5.69 Å². The van der Waals surface area contributed by atoms with Gasteiger partial charge in [0, 0.05) is 18.7 Å². The van der Waals surface area contributed by atoms with Gasteiger partial charge >= 0.3 is 13.9 Å². The summed E-state index contributed by atoms with van der Waals surface area (Å²) in [5, 5.41) is 11.5. The molecule has 2 aromatic rings. The van der Waals surface area contributed by atoms with Crippen molar-refractivity contribution in [2.45, 2.75) is 27.2 Å². The standard InChI is InChI=1S/C21H28N2O8P/c1-6-10-30-11-12-31-21(24)18-14(2)22-15(3)20(32(27,28-4)29-5)19(18)16-8-7-9-17(13-16)23(25)26/h7-9,13,27H,6,10-12H2,1-5H3/q+1. The molecule has 0 fully saturated rings. The summed E-state index contributed by atoms with van der Waals surface area (Å²) >= 11 is 0. The molecule has 2 rings (SSSR count). The van der Waals surface area contributed by atoms with Gasteiger partial charge in [0.1, 0.15) is 6.61 Å². The number of aryl methyl sites for hydroxylation is 2. The number of benzene rings is 1. The van der Waals surface area contributed by atoms with Crippen molar-refractivity contribution in [3.63, 3.8) is 0 Å². The molecular formula is C21H28N2O8P+. The molecular weight excluding hydrogens is 439 g/mol. The van der Waals surface area contributed by atoms with Crippen LogP contribution in [0.5, 0.6) is 0 Å². The molecule has 11 heteroatoms. The molecule has 0 saturated heterocycles. The molecule has 1 heterocycles. The molecule has 0 spiro atoms. The Hall–Kier alpha value is -2.49. The van der Waals surface area contributed by atoms with E-state index in [0.717, 1.165) is 6.42 Å². The van der Waals surface area contributed by atoms with Gasteiger partial charge in [0.2, 0.25) is 5.30 Å². The van der Waals surface area contributed by atoms with Gasteiger partial charge in [-0.15, -0.1) is 0 Å². The Balaban J connectivity index is 2.71. The average molecular weight is 467 g/mol. The number of carbonyl (C=O) groups is 1. The number of aromatic nitrogens is 1. The highest BCUT2D eigenvalue weighted by Crippen LogP contribution is 2.57. The summed E-state index contributed by atoms with van der Waals surface area (Å²) in [6.07, 6.45) is 0.839. The van der Waals surface area contributed by atoms with E-state index >= 15 is 0 Å². The second-order valence-corrected chi connectivity index (χ2v) is 9.04. The highest BCUT2D eigenvalue weighted by atomic mass is 31.2. The molecule has 0 amide bonds. The third kappa shape index (κ3) is 5.65. The first-order valence-corrected chi connectivity index (χ1v) is 11.5. The van der Waals surface area contributed by atoms with E-state index in [-0.39, 0.29) is 35.3 Å². The molecule has 0 unspecified atom stereocenters. The molecule has 1 aromatic carbocycles. The van der Waals surface area contributed by atoms with Crippen LogP contribution in [-0.4, -0.2) is 54.8 Å². The SMILES string of the molecule is CCCOCCOC(=O)c1c(C)nc(C)c([P+](O)(OC)OC)c1-c1cccc([N+](=O)[O-])c1. The molecule has 10 nitrogen and oxygen atoms in total. The monoisotopic (exact) mass is 467 g/mol. The van der Waals surface area contributed by atoms with Crippen LogP contribution in [-0.2, 0) is 18.5 Å². The van der Waals surface area contributed by atoms with Gasteiger partial charge in [-0.2, -0.15) is 13.9 Å². The fraction of sp³-hybridized carbons (Fsp3) is 0.429. The first-order chi connectivity index (χ1) is 15.2. The Morgan fingerprint density at radius 3 is 2.44 bits per heavy atom. The number of nitro groups is 1. The predicted molar refractivity (Wildman–Crippen MR) is 120 cm³/mol.